The van der Waals surface area contributed by atoms with Crippen molar-refractivity contribution in [1.82, 2.24) is 0 Å². The van der Waals surface area contributed by atoms with Gasteiger partial charge in [-0.2, -0.15) is 0 Å². The van der Waals surface area contributed by atoms with Crippen LogP contribution in [0.4, 0.5) is 11.4 Å². The molecule has 1 aromatic rings. The average molecular weight is 266 g/mol. The van der Waals surface area contributed by atoms with E-state index in [4.69, 9.17) is 5.73 Å². The number of rotatable bonds is 5. The number of amides is 1. The molecule has 0 aromatic heterocycles. The van der Waals surface area contributed by atoms with Gasteiger partial charge in [-0.25, -0.2) is 0 Å². The standard InChI is InChI=1S/C14H22N2OS/c1-9(2)8-18-11(4)14(17)16-13-7-12(15)6-5-10(13)3/h5-7,9,11H,8,15H2,1-4H3,(H,16,17). The molecule has 1 unspecified atom stereocenters. The lowest BCUT2D eigenvalue weighted by Crippen LogP contribution is -2.23. The molecule has 0 heterocycles. The topological polar surface area (TPSA) is 55.1 Å². The van der Waals surface area contributed by atoms with E-state index >= 15 is 0 Å². The number of hydrogen-bond acceptors (Lipinski definition) is 3. The Morgan fingerprint density at radius 1 is 1.39 bits per heavy atom. The first kappa shape index (κ1) is 14.9. The average Bonchev–Trinajstić information content (AvgIpc) is 2.30. The molecule has 3 nitrogen and oxygen atoms in total. The van der Waals surface area contributed by atoms with E-state index in [0.717, 1.165) is 17.0 Å². The maximum Gasteiger partial charge on any atom is 0.237 e. The smallest absolute Gasteiger partial charge is 0.237 e. The van der Waals surface area contributed by atoms with Gasteiger partial charge in [-0.05, 0) is 43.2 Å². The fourth-order valence-electron chi connectivity index (χ4n) is 1.42. The number of hydrogen-bond donors (Lipinski definition) is 2. The summed E-state index contributed by atoms with van der Waals surface area (Å²) in [5, 5.41) is 2.89. The molecule has 0 saturated heterocycles. The summed E-state index contributed by atoms with van der Waals surface area (Å²) in [5.41, 5.74) is 8.22. The second-order valence-corrected chi connectivity index (χ2v) is 6.31. The van der Waals surface area contributed by atoms with Crippen LogP contribution >= 0.6 is 11.8 Å². The Morgan fingerprint density at radius 2 is 2.06 bits per heavy atom. The van der Waals surface area contributed by atoms with Gasteiger partial charge in [0, 0.05) is 11.4 Å². The number of anilines is 2. The van der Waals surface area contributed by atoms with Crippen LogP contribution in [0.2, 0.25) is 0 Å². The van der Waals surface area contributed by atoms with Crippen LogP contribution in [0.3, 0.4) is 0 Å². The van der Waals surface area contributed by atoms with Crippen molar-refractivity contribution >= 4 is 29.0 Å². The quantitative estimate of drug-likeness (QED) is 0.804. The molecule has 100 valence electrons. The van der Waals surface area contributed by atoms with E-state index in [-0.39, 0.29) is 11.2 Å². The molecule has 4 heteroatoms. The molecule has 1 amide bonds. The Hall–Kier alpha value is -1.16. The van der Waals surface area contributed by atoms with Gasteiger partial charge in [0.15, 0.2) is 0 Å². The van der Waals surface area contributed by atoms with Crippen LogP contribution < -0.4 is 11.1 Å². The zero-order chi connectivity index (χ0) is 13.7. The van der Waals surface area contributed by atoms with Crippen molar-refractivity contribution < 1.29 is 4.79 Å². The SMILES string of the molecule is Cc1ccc(N)cc1NC(=O)C(C)SCC(C)C. The number of nitrogens with one attached hydrogen (secondary N) is 1. The van der Waals surface area contributed by atoms with Gasteiger partial charge in [-0.15, -0.1) is 11.8 Å². The zero-order valence-corrected chi connectivity index (χ0v) is 12.3. The van der Waals surface area contributed by atoms with Crippen molar-refractivity contribution in [2.24, 2.45) is 5.92 Å². The second-order valence-electron chi connectivity index (χ2n) is 4.93. The molecular weight excluding hydrogens is 244 g/mol. The molecule has 0 radical (unpaired) electrons. The highest BCUT2D eigenvalue weighted by Crippen LogP contribution is 2.21. The van der Waals surface area contributed by atoms with Crippen molar-refractivity contribution in [3.63, 3.8) is 0 Å². The summed E-state index contributed by atoms with van der Waals surface area (Å²) in [6, 6.07) is 5.55. The highest BCUT2D eigenvalue weighted by molar-refractivity contribution is 8.00. The van der Waals surface area contributed by atoms with Crippen LogP contribution in [-0.2, 0) is 4.79 Å². The van der Waals surface area contributed by atoms with Gasteiger partial charge in [0.05, 0.1) is 5.25 Å². The summed E-state index contributed by atoms with van der Waals surface area (Å²) in [6.07, 6.45) is 0. The lowest BCUT2D eigenvalue weighted by Gasteiger charge is -2.14. The molecule has 0 saturated carbocycles. The lowest BCUT2D eigenvalue weighted by atomic mass is 10.2. The number of nitrogens with two attached hydrogens (primary N) is 1. The van der Waals surface area contributed by atoms with Gasteiger partial charge < -0.3 is 11.1 Å². The number of aryl methyl sites for hydroxylation is 1. The van der Waals surface area contributed by atoms with E-state index in [0.29, 0.717) is 11.6 Å². The number of nitrogen functional groups attached to an aromatic ring is 1. The fraction of sp³-hybridized carbons (Fsp3) is 0.500. The summed E-state index contributed by atoms with van der Waals surface area (Å²) in [7, 11) is 0. The Kier molecular flexibility index (Phi) is 5.54. The van der Waals surface area contributed by atoms with E-state index in [9.17, 15) is 4.79 Å². The van der Waals surface area contributed by atoms with Crippen molar-refractivity contribution in [3.05, 3.63) is 23.8 Å². The van der Waals surface area contributed by atoms with Crippen molar-refractivity contribution in [2.45, 2.75) is 32.9 Å². The largest absolute Gasteiger partial charge is 0.399 e. The summed E-state index contributed by atoms with van der Waals surface area (Å²) < 4.78 is 0. The van der Waals surface area contributed by atoms with Crippen molar-refractivity contribution in [3.8, 4) is 0 Å². The van der Waals surface area contributed by atoms with Crippen molar-refractivity contribution in [1.29, 1.82) is 0 Å². The Balaban J connectivity index is 2.61. The summed E-state index contributed by atoms with van der Waals surface area (Å²) in [6.45, 7) is 8.20. The van der Waals surface area contributed by atoms with Gasteiger partial charge in [0.1, 0.15) is 0 Å². The third kappa shape index (κ3) is 4.61. The Bertz CT molecular complexity index is 418. The number of carbonyl (C=O) groups excluding carboxylic acids is 1. The van der Waals surface area contributed by atoms with Crippen LogP contribution in [0, 0.1) is 12.8 Å². The minimum Gasteiger partial charge on any atom is -0.399 e. The summed E-state index contributed by atoms with van der Waals surface area (Å²) in [4.78, 5) is 12.0. The molecule has 0 bridgehead atoms. The van der Waals surface area contributed by atoms with Crippen LogP contribution in [-0.4, -0.2) is 16.9 Å². The Labute approximate surface area is 114 Å². The van der Waals surface area contributed by atoms with Crippen molar-refractivity contribution in [2.75, 3.05) is 16.8 Å². The van der Waals surface area contributed by atoms with E-state index < -0.39 is 0 Å². The maximum atomic E-state index is 12.0. The summed E-state index contributed by atoms with van der Waals surface area (Å²) in [5.74, 6) is 1.62. The molecule has 0 aliphatic heterocycles. The predicted octanol–water partition coefficient (Wildman–Crippen LogP) is 3.29. The highest BCUT2D eigenvalue weighted by atomic mass is 32.2. The van der Waals surface area contributed by atoms with Crippen LogP contribution in [0.25, 0.3) is 0 Å². The number of thioether (sulfide) groups is 1. The van der Waals surface area contributed by atoms with Crippen LogP contribution in [0.1, 0.15) is 26.3 Å². The molecule has 3 N–H and O–H groups in total. The van der Waals surface area contributed by atoms with E-state index in [2.05, 4.69) is 19.2 Å². The first-order valence-corrected chi connectivity index (χ1v) is 7.23. The van der Waals surface area contributed by atoms with Gasteiger partial charge in [-0.1, -0.05) is 19.9 Å². The van der Waals surface area contributed by atoms with E-state index in [1.807, 2.05) is 26.0 Å². The van der Waals surface area contributed by atoms with E-state index in [1.54, 1.807) is 17.8 Å². The van der Waals surface area contributed by atoms with Gasteiger partial charge >= 0.3 is 0 Å². The van der Waals surface area contributed by atoms with Crippen LogP contribution in [0.15, 0.2) is 18.2 Å². The minimum absolute atomic E-state index is 0.0364. The summed E-state index contributed by atoms with van der Waals surface area (Å²) >= 11 is 1.68. The molecule has 1 rings (SSSR count). The normalized spacial score (nSPS) is 12.5. The number of benzene rings is 1. The molecule has 0 aliphatic carbocycles. The monoisotopic (exact) mass is 266 g/mol. The third-order valence-electron chi connectivity index (χ3n) is 2.57. The molecule has 1 atom stereocenters. The molecule has 0 spiro atoms. The highest BCUT2D eigenvalue weighted by Gasteiger charge is 2.14. The first-order valence-electron chi connectivity index (χ1n) is 6.18. The first-order chi connectivity index (χ1) is 8.40. The van der Waals surface area contributed by atoms with Gasteiger partial charge in [0.25, 0.3) is 0 Å². The van der Waals surface area contributed by atoms with E-state index in [1.165, 1.54) is 0 Å². The van der Waals surface area contributed by atoms with Crippen LogP contribution in [0.5, 0.6) is 0 Å². The maximum absolute atomic E-state index is 12.0. The second kappa shape index (κ2) is 6.69. The molecule has 18 heavy (non-hydrogen) atoms. The number of carbonyl (C=O) groups is 1. The fourth-order valence-corrected chi connectivity index (χ4v) is 2.30. The molecular formula is C14H22N2OS. The van der Waals surface area contributed by atoms with Gasteiger partial charge in [-0.3, -0.25) is 4.79 Å². The Morgan fingerprint density at radius 3 is 2.67 bits per heavy atom. The predicted molar refractivity (Wildman–Crippen MR) is 81.0 cm³/mol. The zero-order valence-electron chi connectivity index (χ0n) is 11.5. The van der Waals surface area contributed by atoms with Gasteiger partial charge in [0.2, 0.25) is 5.91 Å². The minimum atomic E-state index is -0.0479. The lowest BCUT2D eigenvalue weighted by molar-refractivity contribution is -0.115. The molecule has 0 aliphatic rings. The molecule has 1 aromatic carbocycles. The molecule has 0 fully saturated rings. The third-order valence-corrected chi connectivity index (χ3v) is 4.14.